The molecule has 0 aromatic heterocycles. The Morgan fingerprint density at radius 2 is 1.64 bits per heavy atom. The maximum absolute atomic E-state index is 12.1. The average Bonchev–Trinajstić information content (AvgIpc) is 2.52. The molecule has 7 heteroatoms. The standard InChI is InChI=1S/C15H11Cl3N2O2/c16-8-13(21)19-10-6-4-9(5-7-10)15(22)20-12-3-1-2-11(17)14(12)18/h1-7H,8H2,(H,19,21)(H,20,22). The van der Waals surface area contributed by atoms with Crippen LogP contribution in [0.3, 0.4) is 0 Å². The van der Waals surface area contributed by atoms with Crippen molar-refractivity contribution in [1.29, 1.82) is 0 Å². The molecule has 0 radical (unpaired) electrons. The Balaban J connectivity index is 2.10. The van der Waals surface area contributed by atoms with E-state index in [2.05, 4.69) is 10.6 Å². The molecule has 0 aliphatic heterocycles. The number of carbonyl (C=O) groups is 2. The quantitative estimate of drug-likeness (QED) is 0.796. The zero-order valence-electron chi connectivity index (χ0n) is 11.2. The van der Waals surface area contributed by atoms with Crippen LogP contribution in [-0.4, -0.2) is 17.7 Å². The molecule has 2 N–H and O–H groups in total. The second-order valence-electron chi connectivity index (χ2n) is 4.31. The molecule has 0 saturated carbocycles. The van der Waals surface area contributed by atoms with E-state index >= 15 is 0 Å². The number of benzene rings is 2. The predicted molar refractivity (Wildman–Crippen MR) is 90.2 cm³/mol. The summed E-state index contributed by atoms with van der Waals surface area (Å²) in [7, 11) is 0. The monoisotopic (exact) mass is 356 g/mol. The van der Waals surface area contributed by atoms with Gasteiger partial charge in [-0.05, 0) is 36.4 Å². The van der Waals surface area contributed by atoms with Crippen molar-refractivity contribution in [2.45, 2.75) is 0 Å². The summed E-state index contributed by atoms with van der Waals surface area (Å²) >= 11 is 17.3. The molecule has 2 amide bonds. The Morgan fingerprint density at radius 1 is 0.955 bits per heavy atom. The molecule has 22 heavy (non-hydrogen) atoms. The highest BCUT2D eigenvalue weighted by atomic mass is 35.5. The fraction of sp³-hybridized carbons (Fsp3) is 0.0667. The van der Waals surface area contributed by atoms with Crippen molar-refractivity contribution in [3.63, 3.8) is 0 Å². The Hall–Kier alpha value is -1.75. The van der Waals surface area contributed by atoms with Crippen molar-refractivity contribution in [3.05, 3.63) is 58.1 Å². The molecule has 114 valence electrons. The lowest BCUT2D eigenvalue weighted by atomic mass is 10.2. The number of alkyl halides is 1. The highest BCUT2D eigenvalue weighted by Gasteiger charge is 2.10. The van der Waals surface area contributed by atoms with Gasteiger partial charge in [-0.15, -0.1) is 11.6 Å². The third-order valence-electron chi connectivity index (χ3n) is 2.75. The third kappa shape index (κ3) is 4.13. The molecule has 4 nitrogen and oxygen atoms in total. The van der Waals surface area contributed by atoms with Crippen LogP contribution in [0.1, 0.15) is 10.4 Å². The lowest BCUT2D eigenvalue weighted by Crippen LogP contribution is -2.14. The van der Waals surface area contributed by atoms with Crippen LogP contribution in [0.25, 0.3) is 0 Å². The highest BCUT2D eigenvalue weighted by molar-refractivity contribution is 6.44. The number of anilines is 2. The van der Waals surface area contributed by atoms with Crippen molar-refractivity contribution in [2.24, 2.45) is 0 Å². The van der Waals surface area contributed by atoms with Gasteiger partial charge < -0.3 is 10.6 Å². The van der Waals surface area contributed by atoms with E-state index in [0.29, 0.717) is 22.0 Å². The normalized spacial score (nSPS) is 10.1. The average molecular weight is 358 g/mol. The molecule has 0 aliphatic rings. The first-order valence-electron chi connectivity index (χ1n) is 6.22. The summed E-state index contributed by atoms with van der Waals surface area (Å²) in [5.41, 5.74) is 1.40. The van der Waals surface area contributed by atoms with Gasteiger partial charge in [0, 0.05) is 11.3 Å². The number of amides is 2. The lowest BCUT2D eigenvalue weighted by Gasteiger charge is -2.09. The van der Waals surface area contributed by atoms with Gasteiger partial charge in [-0.2, -0.15) is 0 Å². The van der Waals surface area contributed by atoms with Gasteiger partial charge in [0.1, 0.15) is 5.88 Å². The van der Waals surface area contributed by atoms with Gasteiger partial charge in [0.05, 0.1) is 15.7 Å². The van der Waals surface area contributed by atoms with Crippen LogP contribution in [-0.2, 0) is 4.79 Å². The van der Waals surface area contributed by atoms with E-state index in [0.717, 1.165) is 0 Å². The zero-order chi connectivity index (χ0) is 16.1. The Labute approximate surface area is 142 Å². The maximum atomic E-state index is 12.1. The molecule has 0 bridgehead atoms. The Bertz CT molecular complexity index is 702. The molecule has 0 spiro atoms. The molecule has 2 aromatic rings. The van der Waals surface area contributed by atoms with Crippen molar-refractivity contribution in [3.8, 4) is 0 Å². The molecule has 0 atom stereocenters. The van der Waals surface area contributed by atoms with Crippen molar-refractivity contribution in [2.75, 3.05) is 16.5 Å². The summed E-state index contributed by atoms with van der Waals surface area (Å²) < 4.78 is 0. The van der Waals surface area contributed by atoms with Crippen LogP contribution in [0.15, 0.2) is 42.5 Å². The first kappa shape index (κ1) is 16.6. The molecular weight excluding hydrogens is 347 g/mol. The lowest BCUT2D eigenvalue weighted by molar-refractivity contribution is -0.113. The van der Waals surface area contributed by atoms with Crippen LogP contribution in [0, 0.1) is 0 Å². The zero-order valence-corrected chi connectivity index (χ0v) is 13.5. The molecule has 0 aliphatic carbocycles. The van der Waals surface area contributed by atoms with Gasteiger partial charge in [-0.25, -0.2) is 0 Å². The molecule has 0 saturated heterocycles. The summed E-state index contributed by atoms with van der Waals surface area (Å²) in [5.74, 6) is -0.779. The smallest absolute Gasteiger partial charge is 0.255 e. The summed E-state index contributed by atoms with van der Waals surface area (Å²) in [4.78, 5) is 23.3. The van der Waals surface area contributed by atoms with E-state index < -0.39 is 0 Å². The summed E-state index contributed by atoms with van der Waals surface area (Å²) in [6.07, 6.45) is 0. The van der Waals surface area contributed by atoms with Gasteiger partial charge >= 0.3 is 0 Å². The van der Waals surface area contributed by atoms with E-state index in [4.69, 9.17) is 34.8 Å². The molecular formula is C15H11Cl3N2O2. The molecule has 2 aromatic carbocycles. The topological polar surface area (TPSA) is 58.2 Å². The minimum Gasteiger partial charge on any atom is -0.325 e. The molecule has 0 heterocycles. The first-order chi connectivity index (χ1) is 10.5. The van der Waals surface area contributed by atoms with E-state index in [9.17, 15) is 9.59 Å². The van der Waals surface area contributed by atoms with E-state index in [-0.39, 0.29) is 22.7 Å². The maximum Gasteiger partial charge on any atom is 0.255 e. The summed E-state index contributed by atoms with van der Waals surface area (Å²) in [5, 5.41) is 5.90. The minimum atomic E-state index is -0.334. The van der Waals surface area contributed by atoms with E-state index in [1.807, 2.05) is 0 Å². The molecule has 2 rings (SSSR count). The number of hydrogen-bond donors (Lipinski definition) is 2. The van der Waals surface area contributed by atoms with Crippen LogP contribution >= 0.6 is 34.8 Å². The Morgan fingerprint density at radius 3 is 2.27 bits per heavy atom. The number of carbonyl (C=O) groups excluding carboxylic acids is 2. The summed E-state index contributed by atoms with van der Waals surface area (Å²) in [6.45, 7) is 0. The van der Waals surface area contributed by atoms with Crippen LogP contribution in [0.2, 0.25) is 10.0 Å². The summed E-state index contributed by atoms with van der Waals surface area (Å²) in [6, 6.07) is 11.4. The van der Waals surface area contributed by atoms with Gasteiger partial charge in [0.15, 0.2) is 0 Å². The number of halogens is 3. The van der Waals surface area contributed by atoms with Crippen LogP contribution < -0.4 is 10.6 Å². The van der Waals surface area contributed by atoms with Crippen molar-refractivity contribution in [1.82, 2.24) is 0 Å². The number of hydrogen-bond acceptors (Lipinski definition) is 2. The predicted octanol–water partition coefficient (Wildman–Crippen LogP) is 4.42. The largest absolute Gasteiger partial charge is 0.325 e. The van der Waals surface area contributed by atoms with Gasteiger partial charge in [0.25, 0.3) is 5.91 Å². The van der Waals surface area contributed by atoms with E-state index in [1.165, 1.54) is 0 Å². The Kier molecular flexibility index (Phi) is 5.66. The van der Waals surface area contributed by atoms with E-state index in [1.54, 1.807) is 42.5 Å². The van der Waals surface area contributed by atoms with Crippen LogP contribution in [0.4, 0.5) is 11.4 Å². The minimum absolute atomic E-state index is 0.129. The highest BCUT2D eigenvalue weighted by Crippen LogP contribution is 2.29. The van der Waals surface area contributed by atoms with Gasteiger partial charge in [-0.3, -0.25) is 9.59 Å². The fourth-order valence-corrected chi connectivity index (χ4v) is 2.11. The van der Waals surface area contributed by atoms with Gasteiger partial charge in [-0.1, -0.05) is 29.3 Å². The second-order valence-corrected chi connectivity index (χ2v) is 5.37. The van der Waals surface area contributed by atoms with Crippen molar-refractivity contribution < 1.29 is 9.59 Å². The first-order valence-corrected chi connectivity index (χ1v) is 7.51. The SMILES string of the molecule is O=C(CCl)Nc1ccc(C(=O)Nc2cccc(Cl)c2Cl)cc1. The van der Waals surface area contributed by atoms with Crippen LogP contribution in [0.5, 0.6) is 0 Å². The molecule has 0 fully saturated rings. The third-order valence-corrected chi connectivity index (χ3v) is 3.81. The number of nitrogens with one attached hydrogen (secondary N) is 2. The second kappa shape index (κ2) is 7.49. The van der Waals surface area contributed by atoms with Gasteiger partial charge in [0.2, 0.25) is 5.91 Å². The fourth-order valence-electron chi connectivity index (χ4n) is 1.69. The number of rotatable bonds is 4. The molecule has 0 unspecified atom stereocenters. The van der Waals surface area contributed by atoms with Crippen molar-refractivity contribution >= 4 is 58.0 Å².